The number of hydrogen-bond donors (Lipinski definition) is 0. The highest BCUT2D eigenvalue weighted by Crippen LogP contribution is 2.36. The summed E-state index contributed by atoms with van der Waals surface area (Å²) < 4.78 is 25.2. The van der Waals surface area contributed by atoms with Gasteiger partial charge in [0, 0.05) is 24.2 Å². The summed E-state index contributed by atoms with van der Waals surface area (Å²) in [6, 6.07) is 21.2. The molecule has 48 heavy (non-hydrogen) atoms. The zero-order chi connectivity index (χ0) is 33.9. The first-order chi connectivity index (χ1) is 23.2. The van der Waals surface area contributed by atoms with Crippen LogP contribution >= 0.6 is 11.3 Å². The number of fused-ring (bicyclic) bond motifs is 1. The van der Waals surface area contributed by atoms with Crippen LogP contribution in [0.15, 0.2) is 100 Å². The molecule has 2 aromatic heterocycles. The summed E-state index contributed by atoms with van der Waals surface area (Å²) >= 11 is 1.21. The Hall–Kier alpha value is -5.75. The van der Waals surface area contributed by atoms with Crippen molar-refractivity contribution in [3.8, 4) is 34.2 Å². The number of carbonyl (C=O) groups is 2. The van der Waals surface area contributed by atoms with Gasteiger partial charge in [-0.15, -0.1) is 0 Å². The lowest BCUT2D eigenvalue weighted by Crippen LogP contribution is -2.40. The summed E-state index contributed by atoms with van der Waals surface area (Å²) in [5.74, 6) is 0.0798. The van der Waals surface area contributed by atoms with E-state index in [0.29, 0.717) is 37.6 Å². The summed E-state index contributed by atoms with van der Waals surface area (Å²) in [5, 5.41) is 4.89. The van der Waals surface area contributed by atoms with Crippen LogP contribution in [0.1, 0.15) is 37.9 Å². The zero-order valence-corrected chi connectivity index (χ0v) is 27.7. The monoisotopic (exact) mass is 664 g/mol. The highest BCUT2D eigenvalue weighted by atomic mass is 32.1. The average molecular weight is 665 g/mol. The quantitative estimate of drug-likeness (QED) is 0.166. The number of carbonyl (C=O) groups excluding carboxylic acids is 2. The molecule has 0 amide bonds. The van der Waals surface area contributed by atoms with Gasteiger partial charge in [-0.25, -0.2) is 14.5 Å². The van der Waals surface area contributed by atoms with Crippen molar-refractivity contribution in [2.45, 2.75) is 26.8 Å². The molecule has 1 atom stereocenters. The van der Waals surface area contributed by atoms with Crippen molar-refractivity contribution in [2.24, 2.45) is 4.99 Å². The maximum absolute atomic E-state index is 14.4. The van der Waals surface area contributed by atoms with E-state index in [2.05, 4.69) is 4.99 Å². The van der Waals surface area contributed by atoms with Crippen LogP contribution in [0.3, 0.4) is 0 Å². The molecule has 0 radical (unpaired) electrons. The van der Waals surface area contributed by atoms with Gasteiger partial charge in [0.1, 0.15) is 11.4 Å². The number of nitrogens with zero attached hydrogens (tertiary/aromatic N) is 4. The van der Waals surface area contributed by atoms with Crippen LogP contribution < -0.4 is 29.1 Å². The van der Waals surface area contributed by atoms with E-state index >= 15 is 0 Å². The highest BCUT2D eigenvalue weighted by Gasteiger charge is 2.34. The fourth-order valence-corrected chi connectivity index (χ4v) is 6.56. The highest BCUT2D eigenvalue weighted by molar-refractivity contribution is 7.07. The Morgan fingerprint density at radius 3 is 2.40 bits per heavy atom. The van der Waals surface area contributed by atoms with E-state index in [-0.39, 0.29) is 29.2 Å². The van der Waals surface area contributed by atoms with Gasteiger partial charge in [-0.05, 0) is 74.0 Å². The van der Waals surface area contributed by atoms with Gasteiger partial charge in [-0.3, -0.25) is 14.2 Å². The Balaban J connectivity index is 1.55. The van der Waals surface area contributed by atoms with E-state index < -0.39 is 18.0 Å². The summed E-state index contributed by atoms with van der Waals surface area (Å²) in [6.45, 7) is 4.86. The molecule has 11 nitrogen and oxygen atoms in total. The number of methoxy groups -OCH3 is 2. The Morgan fingerprint density at radius 2 is 1.73 bits per heavy atom. The molecule has 0 N–H and O–H groups in total. The molecular formula is C36H32N4O7S. The molecule has 12 heteroatoms. The van der Waals surface area contributed by atoms with E-state index in [1.807, 2.05) is 60.8 Å². The van der Waals surface area contributed by atoms with Gasteiger partial charge in [0.2, 0.25) is 0 Å². The average Bonchev–Trinajstić information content (AvgIpc) is 3.65. The van der Waals surface area contributed by atoms with Crippen molar-refractivity contribution in [1.29, 1.82) is 0 Å². The lowest BCUT2D eigenvalue weighted by atomic mass is 9.95. The number of para-hydroxylation sites is 1. The minimum absolute atomic E-state index is 0.140. The third-order valence-electron chi connectivity index (χ3n) is 7.69. The Kier molecular flexibility index (Phi) is 9.08. The third kappa shape index (κ3) is 6.17. The molecule has 0 fully saturated rings. The van der Waals surface area contributed by atoms with Crippen molar-refractivity contribution in [3.05, 3.63) is 121 Å². The molecule has 3 heterocycles. The minimum atomic E-state index is -0.893. The Labute approximate surface area is 279 Å². The fraction of sp³-hybridized carbons (Fsp3) is 0.194. The van der Waals surface area contributed by atoms with Gasteiger partial charge in [0.05, 0.1) is 48.4 Å². The van der Waals surface area contributed by atoms with Crippen LogP contribution in [0.25, 0.3) is 23.0 Å². The van der Waals surface area contributed by atoms with Crippen molar-refractivity contribution in [3.63, 3.8) is 0 Å². The number of hydrogen-bond acceptors (Lipinski definition) is 10. The molecule has 0 saturated carbocycles. The molecule has 0 unspecified atom stereocenters. The number of benzene rings is 3. The second-order valence-corrected chi connectivity index (χ2v) is 11.8. The van der Waals surface area contributed by atoms with Crippen molar-refractivity contribution in [2.75, 3.05) is 20.8 Å². The molecule has 3 aromatic carbocycles. The van der Waals surface area contributed by atoms with Gasteiger partial charge >= 0.3 is 11.9 Å². The molecule has 1 aliphatic rings. The molecule has 1 aliphatic heterocycles. The second kappa shape index (κ2) is 13.5. The van der Waals surface area contributed by atoms with E-state index in [1.165, 1.54) is 29.9 Å². The molecular weight excluding hydrogens is 632 g/mol. The smallest absolute Gasteiger partial charge is 0.338 e. The maximum atomic E-state index is 14.4. The predicted molar refractivity (Wildman–Crippen MR) is 180 cm³/mol. The molecule has 0 bridgehead atoms. The molecule has 6 rings (SSSR count). The van der Waals surface area contributed by atoms with Gasteiger partial charge in [0.15, 0.2) is 16.3 Å². The van der Waals surface area contributed by atoms with Gasteiger partial charge < -0.3 is 18.9 Å². The largest absolute Gasteiger partial charge is 0.497 e. The lowest BCUT2D eigenvalue weighted by molar-refractivity contribution is -0.139. The summed E-state index contributed by atoms with van der Waals surface area (Å²) in [6.07, 6.45) is 3.67. The van der Waals surface area contributed by atoms with Crippen molar-refractivity contribution >= 4 is 29.4 Å². The molecule has 244 valence electrons. The van der Waals surface area contributed by atoms with Crippen LogP contribution in [0.2, 0.25) is 0 Å². The molecule has 0 spiro atoms. The third-order valence-corrected chi connectivity index (χ3v) is 8.67. The van der Waals surface area contributed by atoms with Crippen LogP contribution in [-0.4, -0.2) is 47.1 Å². The van der Waals surface area contributed by atoms with Crippen LogP contribution in [0.4, 0.5) is 0 Å². The van der Waals surface area contributed by atoms with Gasteiger partial charge in [-0.1, -0.05) is 35.6 Å². The summed E-state index contributed by atoms with van der Waals surface area (Å²) in [4.78, 5) is 44.5. The molecule has 5 aromatic rings. The van der Waals surface area contributed by atoms with Crippen LogP contribution in [-0.2, 0) is 14.3 Å². The maximum Gasteiger partial charge on any atom is 0.338 e. The van der Waals surface area contributed by atoms with Crippen molar-refractivity contribution < 1.29 is 28.5 Å². The van der Waals surface area contributed by atoms with E-state index in [0.717, 1.165) is 11.3 Å². The lowest BCUT2D eigenvalue weighted by Gasteiger charge is -2.25. The van der Waals surface area contributed by atoms with E-state index in [9.17, 15) is 14.4 Å². The fourth-order valence-electron chi connectivity index (χ4n) is 5.52. The number of ether oxygens (including phenoxy) is 4. The summed E-state index contributed by atoms with van der Waals surface area (Å²) in [5.41, 5.74) is 3.89. The first kappa shape index (κ1) is 32.2. The van der Waals surface area contributed by atoms with Gasteiger partial charge in [0.25, 0.3) is 5.56 Å². The molecule has 0 saturated heterocycles. The predicted octanol–water partition coefficient (Wildman–Crippen LogP) is 4.59. The van der Waals surface area contributed by atoms with E-state index in [1.54, 1.807) is 49.9 Å². The minimum Gasteiger partial charge on any atom is -0.497 e. The van der Waals surface area contributed by atoms with E-state index in [4.69, 9.17) is 24.0 Å². The Morgan fingerprint density at radius 1 is 0.979 bits per heavy atom. The first-order valence-corrected chi connectivity index (χ1v) is 15.9. The number of rotatable bonds is 9. The number of allylic oxidation sites excluding steroid dienone is 1. The SMILES string of the molecule is CCOC(=O)C1=C(C)N=c2s/c(=C\c3cn(-c4ccccc4)nc3-c3ccc(OC)cc3)c(=O)n2[C@@H]1c1ccc(OC(C)=O)c(OC)c1. The molecule has 0 aliphatic carbocycles. The first-order valence-electron chi connectivity index (χ1n) is 15.1. The number of thiazole rings is 1. The Bertz CT molecular complexity index is 2230. The van der Waals surface area contributed by atoms with Gasteiger partial charge in [-0.2, -0.15) is 5.10 Å². The second-order valence-electron chi connectivity index (χ2n) is 10.7. The number of esters is 2. The van der Waals surface area contributed by atoms with Crippen LogP contribution in [0, 0.1) is 0 Å². The topological polar surface area (TPSA) is 123 Å². The van der Waals surface area contributed by atoms with Crippen LogP contribution in [0.5, 0.6) is 17.2 Å². The summed E-state index contributed by atoms with van der Waals surface area (Å²) in [7, 11) is 3.05. The standard InChI is InChI=1S/C36H32N4O7S/c1-6-46-35(43)31-21(2)37-36-40(33(31)24-14-17-28(47-22(3)41)29(18-24)45-5)34(42)30(48-36)19-25-20-39(26-10-8-7-9-11-26)38-32(25)23-12-15-27(44-4)16-13-23/h7-20,33H,6H2,1-5H3/b30-19-/t33-/m1/s1. The zero-order valence-electron chi connectivity index (χ0n) is 26.9. The normalized spacial score (nSPS) is 14.3. The van der Waals surface area contributed by atoms with Crippen molar-refractivity contribution in [1.82, 2.24) is 14.3 Å². The number of aromatic nitrogens is 3.